The summed E-state index contributed by atoms with van der Waals surface area (Å²) in [5.41, 5.74) is 7.05. The van der Waals surface area contributed by atoms with Crippen LogP contribution in [0.5, 0.6) is 11.5 Å². The van der Waals surface area contributed by atoms with Gasteiger partial charge in [0, 0.05) is 0 Å². The molecule has 0 aliphatic carbocycles. The predicted octanol–water partition coefficient (Wildman–Crippen LogP) is 2.21. The average molecular weight is 281 g/mol. The smallest absolute Gasteiger partial charge is 0.313 e. The first-order valence-corrected chi connectivity index (χ1v) is 6.36. The fraction of sp³-hybridized carbons (Fsp3) is 0.533. The molecule has 0 heterocycles. The number of hydrogen-bond donors (Lipinski definition) is 1. The van der Waals surface area contributed by atoms with Gasteiger partial charge in [0.1, 0.15) is 11.5 Å². The van der Waals surface area contributed by atoms with Crippen LogP contribution < -0.4 is 15.2 Å². The van der Waals surface area contributed by atoms with Crippen molar-refractivity contribution in [2.75, 3.05) is 21.3 Å². The van der Waals surface area contributed by atoms with Crippen molar-refractivity contribution in [1.29, 1.82) is 0 Å². The molecule has 0 radical (unpaired) electrons. The summed E-state index contributed by atoms with van der Waals surface area (Å²) in [6.45, 7) is 5.41. The van der Waals surface area contributed by atoms with Crippen LogP contribution in [0.2, 0.25) is 0 Å². The molecule has 0 amide bonds. The van der Waals surface area contributed by atoms with Gasteiger partial charge in [-0.3, -0.25) is 4.79 Å². The first-order chi connectivity index (χ1) is 9.29. The zero-order valence-corrected chi connectivity index (χ0v) is 12.9. The van der Waals surface area contributed by atoms with E-state index in [9.17, 15) is 4.79 Å². The third kappa shape index (κ3) is 2.88. The maximum Gasteiger partial charge on any atom is 0.313 e. The molecule has 0 aliphatic rings. The topological polar surface area (TPSA) is 70.8 Å². The van der Waals surface area contributed by atoms with Crippen molar-refractivity contribution in [3.05, 3.63) is 23.3 Å². The number of aryl methyl sites for hydroxylation is 1. The Kier molecular flexibility index (Phi) is 5.00. The maximum absolute atomic E-state index is 11.9. The Morgan fingerprint density at radius 3 is 1.95 bits per heavy atom. The summed E-state index contributed by atoms with van der Waals surface area (Å²) in [4.78, 5) is 11.9. The fourth-order valence-electron chi connectivity index (χ4n) is 2.13. The van der Waals surface area contributed by atoms with E-state index in [2.05, 4.69) is 0 Å². The third-order valence-corrected chi connectivity index (χ3v) is 3.49. The lowest BCUT2D eigenvalue weighted by Gasteiger charge is -2.31. The Hall–Kier alpha value is -1.75. The molecule has 0 unspecified atom stereocenters. The number of carbonyl (C=O) groups is 1. The lowest BCUT2D eigenvalue weighted by atomic mass is 9.80. The Balaban J connectivity index is 3.41. The largest absolute Gasteiger partial charge is 0.496 e. The summed E-state index contributed by atoms with van der Waals surface area (Å²) >= 11 is 0. The van der Waals surface area contributed by atoms with Crippen molar-refractivity contribution in [2.24, 2.45) is 11.1 Å². The number of methoxy groups -OCH3 is 3. The van der Waals surface area contributed by atoms with Crippen molar-refractivity contribution in [3.8, 4) is 11.5 Å². The number of hydrogen-bond acceptors (Lipinski definition) is 5. The van der Waals surface area contributed by atoms with Gasteiger partial charge in [-0.2, -0.15) is 0 Å². The highest BCUT2D eigenvalue weighted by molar-refractivity contribution is 5.77. The minimum absolute atomic E-state index is 0.380. The molecule has 0 aliphatic heterocycles. The number of benzene rings is 1. The highest BCUT2D eigenvalue weighted by Gasteiger charge is 2.39. The van der Waals surface area contributed by atoms with Crippen LogP contribution in [0, 0.1) is 12.3 Å². The van der Waals surface area contributed by atoms with Crippen LogP contribution in [0.25, 0.3) is 0 Å². The van der Waals surface area contributed by atoms with E-state index < -0.39 is 11.5 Å². The monoisotopic (exact) mass is 281 g/mol. The number of nitrogens with two attached hydrogens (primary N) is 1. The Labute approximate surface area is 120 Å². The van der Waals surface area contributed by atoms with E-state index in [-0.39, 0.29) is 5.97 Å². The van der Waals surface area contributed by atoms with Crippen molar-refractivity contribution in [1.82, 2.24) is 0 Å². The second kappa shape index (κ2) is 6.13. The summed E-state index contributed by atoms with van der Waals surface area (Å²) in [6.07, 6.45) is 0. The van der Waals surface area contributed by atoms with Gasteiger partial charge in [0.2, 0.25) is 0 Å². The van der Waals surface area contributed by atoms with E-state index >= 15 is 0 Å². The van der Waals surface area contributed by atoms with Gasteiger partial charge in [-0.1, -0.05) is 0 Å². The molecule has 0 spiro atoms. The van der Waals surface area contributed by atoms with Gasteiger partial charge < -0.3 is 19.9 Å². The molecule has 0 bridgehead atoms. The normalized spacial score (nSPS) is 12.8. The molecular formula is C15H23NO4. The van der Waals surface area contributed by atoms with E-state index in [4.69, 9.17) is 19.9 Å². The van der Waals surface area contributed by atoms with Gasteiger partial charge in [-0.15, -0.1) is 0 Å². The van der Waals surface area contributed by atoms with E-state index in [0.29, 0.717) is 17.1 Å². The van der Waals surface area contributed by atoms with Gasteiger partial charge in [0.25, 0.3) is 0 Å². The lowest BCUT2D eigenvalue weighted by molar-refractivity contribution is -0.152. The summed E-state index contributed by atoms with van der Waals surface area (Å²) < 4.78 is 15.6. The maximum atomic E-state index is 11.9. The molecule has 1 aromatic rings. The van der Waals surface area contributed by atoms with Crippen LogP contribution in [0.3, 0.4) is 0 Å². The standard InChI is InChI=1S/C15H23NO4/c1-9-7-10(18-4)12(11(8-9)19-5)13(16)15(2,3)14(17)20-6/h7-8,13H,16H2,1-6H3/t13-/m0/s1. The molecule has 0 fully saturated rings. The Bertz CT molecular complexity index is 472. The molecule has 0 aromatic heterocycles. The zero-order chi connectivity index (χ0) is 15.5. The molecule has 0 saturated heterocycles. The molecular weight excluding hydrogens is 258 g/mol. The average Bonchev–Trinajstić information content (AvgIpc) is 2.44. The summed E-state index contributed by atoms with van der Waals surface area (Å²) in [5, 5.41) is 0. The lowest BCUT2D eigenvalue weighted by Crippen LogP contribution is -2.37. The van der Waals surface area contributed by atoms with Crippen molar-refractivity contribution in [2.45, 2.75) is 26.8 Å². The van der Waals surface area contributed by atoms with Crippen LogP contribution in [0.15, 0.2) is 12.1 Å². The molecule has 2 N–H and O–H groups in total. The van der Waals surface area contributed by atoms with E-state index in [0.717, 1.165) is 5.56 Å². The van der Waals surface area contributed by atoms with Crippen LogP contribution in [-0.4, -0.2) is 27.3 Å². The van der Waals surface area contributed by atoms with E-state index in [1.165, 1.54) is 7.11 Å². The molecule has 1 atom stereocenters. The van der Waals surface area contributed by atoms with Crippen molar-refractivity contribution < 1.29 is 19.0 Å². The highest BCUT2D eigenvalue weighted by atomic mass is 16.5. The van der Waals surface area contributed by atoms with E-state index in [1.807, 2.05) is 19.1 Å². The molecule has 1 aromatic carbocycles. The van der Waals surface area contributed by atoms with Crippen LogP contribution in [0.4, 0.5) is 0 Å². The van der Waals surface area contributed by atoms with Crippen LogP contribution >= 0.6 is 0 Å². The summed E-state index contributed by atoms with van der Waals surface area (Å²) in [7, 11) is 4.48. The number of rotatable bonds is 5. The molecule has 112 valence electrons. The van der Waals surface area contributed by atoms with Gasteiger partial charge in [-0.25, -0.2) is 0 Å². The van der Waals surface area contributed by atoms with Crippen LogP contribution in [-0.2, 0) is 9.53 Å². The first kappa shape index (κ1) is 16.3. The Morgan fingerprint density at radius 1 is 1.15 bits per heavy atom. The minimum atomic E-state index is -0.898. The fourth-order valence-corrected chi connectivity index (χ4v) is 2.13. The van der Waals surface area contributed by atoms with Gasteiger partial charge in [-0.05, 0) is 38.5 Å². The number of ether oxygens (including phenoxy) is 3. The Morgan fingerprint density at radius 2 is 1.60 bits per heavy atom. The number of carbonyl (C=O) groups excluding carboxylic acids is 1. The molecule has 0 saturated carbocycles. The highest BCUT2D eigenvalue weighted by Crippen LogP contribution is 2.42. The third-order valence-electron chi connectivity index (χ3n) is 3.49. The minimum Gasteiger partial charge on any atom is -0.496 e. The SMILES string of the molecule is COC(=O)C(C)(C)[C@@H](N)c1c(OC)cc(C)cc1OC. The van der Waals surface area contributed by atoms with Gasteiger partial charge in [0.05, 0.1) is 38.3 Å². The van der Waals surface area contributed by atoms with Crippen LogP contribution in [0.1, 0.15) is 31.0 Å². The van der Waals surface area contributed by atoms with Gasteiger partial charge in [0.15, 0.2) is 0 Å². The van der Waals surface area contributed by atoms with E-state index in [1.54, 1.807) is 28.1 Å². The summed E-state index contributed by atoms with van der Waals surface area (Å²) in [5.74, 6) is 0.826. The van der Waals surface area contributed by atoms with Crippen molar-refractivity contribution in [3.63, 3.8) is 0 Å². The quantitative estimate of drug-likeness (QED) is 0.838. The second-order valence-corrected chi connectivity index (χ2v) is 5.27. The first-order valence-electron chi connectivity index (χ1n) is 6.36. The summed E-state index contributed by atoms with van der Waals surface area (Å²) in [6, 6.07) is 3.12. The molecule has 5 nitrogen and oxygen atoms in total. The van der Waals surface area contributed by atoms with Gasteiger partial charge >= 0.3 is 5.97 Å². The van der Waals surface area contributed by atoms with Crippen molar-refractivity contribution >= 4 is 5.97 Å². The number of esters is 1. The second-order valence-electron chi connectivity index (χ2n) is 5.27. The predicted molar refractivity (Wildman–Crippen MR) is 77.0 cm³/mol. The molecule has 20 heavy (non-hydrogen) atoms. The zero-order valence-electron chi connectivity index (χ0n) is 12.9. The molecule has 1 rings (SSSR count). The molecule has 5 heteroatoms.